The lowest BCUT2D eigenvalue weighted by Crippen LogP contribution is -2.30. The molecule has 0 amide bonds. The molecule has 0 aromatic rings. The van der Waals surface area contributed by atoms with Crippen LogP contribution in [-0.4, -0.2) is 37.2 Å². The van der Waals surface area contributed by atoms with Crippen LogP contribution in [0.1, 0.15) is 271 Å². The van der Waals surface area contributed by atoms with Gasteiger partial charge in [-0.25, -0.2) is 0 Å². The van der Waals surface area contributed by atoms with Crippen molar-refractivity contribution in [2.75, 3.05) is 13.2 Å². The molecule has 6 heteroatoms. The van der Waals surface area contributed by atoms with Crippen LogP contribution in [0.3, 0.4) is 0 Å². The van der Waals surface area contributed by atoms with Crippen molar-refractivity contribution in [3.8, 4) is 0 Å². The summed E-state index contributed by atoms with van der Waals surface area (Å²) in [7, 11) is 0. The van der Waals surface area contributed by atoms with Gasteiger partial charge in [0.25, 0.3) is 0 Å². The van der Waals surface area contributed by atoms with Crippen LogP contribution in [0.25, 0.3) is 0 Å². The molecule has 0 bridgehead atoms. The highest BCUT2D eigenvalue weighted by molar-refractivity contribution is 5.71. The Kier molecular flexibility index (Phi) is 56.4. The number of hydrogen-bond donors (Lipinski definition) is 0. The van der Waals surface area contributed by atoms with Gasteiger partial charge in [0.05, 0.1) is 0 Å². The molecule has 0 spiro atoms. The first-order chi connectivity index (χ1) is 35.5. The Labute approximate surface area is 444 Å². The monoisotopic (exact) mass is 999 g/mol. The third-order valence-corrected chi connectivity index (χ3v) is 12.5. The molecular weight excluding hydrogens is 889 g/mol. The van der Waals surface area contributed by atoms with Crippen LogP contribution in [0.5, 0.6) is 0 Å². The minimum absolute atomic E-state index is 0.0895. The number of esters is 3. The highest BCUT2D eigenvalue weighted by Crippen LogP contribution is 2.15. The topological polar surface area (TPSA) is 78.9 Å². The quantitative estimate of drug-likeness (QED) is 0.0261. The first-order valence-electron chi connectivity index (χ1n) is 29.9. The molecule has 410 valence electrons. The number of hydrogen-bond acceptors (Lipinski definition) is 6. The molecule has 1 unspecified atom stereocenters. The Morgan fingerprint density at radius 2 is 0.542 bits per heavy atom. The molecule has 0 aliphatic heterocycles. The van der Waals surface area contributed by atoms with Crippen LogP contribution in [-0.2, 0) is 28.6 Å². The van der Waals surface area contributed by atoms with Crippen molar-refractivity contribution in [3.63, 3.8) is 0 Å². The lowest BCUT2D eigenvalue weighted by Gasteiger charge is -2.18. The SMILES string of the molecule is CC/C=C\C/C=C\C/C=C\C/C=C\C/C=C\C/C=C\C/C=C\C/C=C\CCCCCCC(=O)OCC(COC(=O)CCCCCCC/C=C\CCCCC)OC(=O)CCCCCCCCCCCCCCC. The number of allylic oxidation sites excluding steroid dienone is 18. The fraction of sp³-hybridized carbons (Fsp3) is 0.682. The molecule has 6 nitrogen and oxygen atoms in total. The molecule has 0 aliphatic rings. The number of unbranched alkanes of at least 4 members (excludes halogenated alkanes) is 24. The van der Waals surface area contributed by atoms with Crippen molar-refractivity contribution in [1.82, 2.24) is 0 Å². The number of carbonyl (C=O) groups is 3. The molecule has 0 rings (SSSR count). The zero-order chi connectivity index (χ0) is 52.2. The van der Waals surface area contributed by atoms with Gasteiger partial charge < -0.3 is 14.2 Å². The molecule has 0 saturated heterocycles. The van der Waals surface area contributed by atoms with Crippen LogP contribution in [0.15, 0.2) is 109 Å². The Morgan fingerprint density at radius 1 is 0.292 bits per heavy atom. The van der Waals surface area contributed by atoms with E-state index in [-0.39, 0.29) is 31.1 Å². The maximum Gasteiger partial charge on any atom is 0.306 e. The van der Waals surface area contributed by atoms with E-state index >= 15 is 0 Å². The summed E-state index contributed by atoms with van der Waals surface area (Å²) in [6.07, 6.45) is 80.8. The van der Waals surface area contributed by atoms with Crippen LogP contribution in [0.4, 0.5) is 0 Å². The van der Waals surface area contributed by atoms with E-state index in [1.54, 1.807) is 0 Å². The average molecular weight is 1000 g/mol. The summed E-state index contributed by atoms with van der Waals surface area (Å²) < 4.78 is 16.8. The predicted molar refractivity (Wildman–Crippen MR) is 311 cm³/mol. The van der Waals surface area contributed by atoms with Gasteiger partial charge in [-0.3, -0.25) is 14.4 Å². The van der Waals surface area contributed by atoms with Gasteiger partial charge in [0.2, 0.25) is 0 Å². The largest absolute Gasteiger partial charge is 0.462 e. The van der Waals surface area contributed by atoms with Gasteiger partial charge in [-0.1, -0.05) is 252 Å². The van der Waals surface area contributed by atoms with Crippen LogP contribution >= 0.6 is 0 Å². The Balaban J connectivity index is 4.33. The van der Waals surface area contributed by atoms with E-state index in [0.29, 0.717) is 19.3 Å². The van der Waals surface area contributed by atoms with Crippen LogP contribution in [0, 0.1) is 0 Å². The zero-order valence-electron chi connectivity index (χ0n) is 46.9. The maximum absolute atomic E-state index is 12.8. The molecule has 0 fully saturated rings. The Bertz CT molecular complexity index is 1470. The van der Waals surface area contributed by atoms with E-state index < -0.39 is 6.10 Å². The molecule has 0 heterocycles. The highest BCUT2D eigenvalue weighted by atomic mass is 16.6. The van der Waals surface area contributed by atoms with Gasteiger partial charge in [0.1, 0.15) is 13.2 Å². The van der Waals surface area contributed by atoms with Crippen molar-refractivity contribution < 1.29 is 28.6 Å². The van der Waals surface area contributed by atoms with Crippen molar-refractivity contribution in [1.29, 1.82) is 0 Å². The fourth-order valence-corrected chi connectivity index (χ4v) is 8.04. The van der Waals surface area contributed by atoms with Gasteiger partial charge in [-0.2, -0.15) is 0 Å². The van der Waals surface area contributed by atoms with E-state index in [4.69, 9.17) is 14.2 Å². The Hall–Kier alpha value is -3.93. The average Bonchev–Trinajstić information content (AvgIpc) is 3.38. The van der Waals surface area contributed by atoms with Crippen molar-refractivity contribution in [2.24, 2.45) is 0 Å². The second-order valence-electron chi connectivity index (χ2n) is 19.5. The summed E-state index contributed by atoms with van der Waals surface area (Å²) in [5, 5.41) is 0. The van der Waals surface area contributed by atoms with Crippen LogP contribution in [0.2, 0.25) is 0 Å². The second-order valence-corrected chi connectivity index (χ2v) is 19.5. The maximum atomic E-state index is 12.8. The minimum atomic E-state index is -0.791. The summed E-state index contributed by atoms with van der Waals surface area (Å²) >= 11 is 0. The molecule has 72 heavy (non-hydrogen) atoms. The van der Waals surface area contributed by atoms with E-state index in [1.165, 1.54) is 103 Å². The zero-order valence-corrected chi connectivity index (χ0v) is 46.9. The lowest BCUT2D eigenvalue weighted by molar-refractivity contribution is -0.167. The molecule has 0 aliphatic carbocycles. The molecule has 0 saturated carbocycles. The van der Waals surface area contributed by atoms with Gasteiger partial charge >= 0.3 is 17.9 Å². The van der Waals surface area contributed by atoms with E-state index in [1.807, 2.05) is 0 Å². The van der Waals surface area contributed by atoms with Crippen LogP contribution < -0.4 is 0 Å². The third-order valence-electron chi connectivity index (χ3n) is 12.5. The van der Waals surface area contributed by atoms with Gasteiger partial charge in [-0.15, -0.1) is 0 Å². The second kappa shape index (κ2) is 59.6. The van der Waals surface area contributed by atoms with Gasteiger partial charge in [-0.05, 0) is 109 Å². The first-order valence-corrected chi connectivity index (χ1v) is 29.9. The molecule has 0 radical (unpaired) electrons. The smallest absolute Gasteiger partial charge is 0.306 e. The lowest BCUT2D eigenvalue weighted by atomic mass is 10.0. The normalized spacial score (nSPS) is 12.9. The standard InChI is InChI=1S/C66H110O6/c1-4-7-10-13-16-19-22-25-26-27-28-29-30-31-32-33-34-35-36-37-38-39-40-42-44-47-50-53-56-59-65(68)71-62-63(61-70-64(67)58-55-52-49-46-43-24-21-18-15-12-9-6-3)72-66(69)60-57-54-51-48-45-41-23-20-17-14-11-8-5-2/h7,10,16,18-19,21,25-26,28-29,31-32,34-35,37-38,40,42,63H,4-6,8-9,11-15,17,20,22-24,27,30,33,36,39,41,43-62H2,1-3H3/b10-7-,19-16-,21-18-,26-25-,29-28-,32-31-,35-34-,38-37-,42-40-. The highest BCUT2D eigenvalue weighted by Gasteiger charge is 2.19. The molecule has 0 aromatic heterocycles. The molecule has 0 aromatic carbocycles. The number of carbonyl (C=O) groups excluding carboxylic acids is 3. The molecular formula is C66H110O6. The Morgan fingerprint density at radius 3 is 0.889 bits per heavy atom. The van der Waals surface area contributed by atoms with Crippen molar-refractivity contribution >= 4 is 17.9 Å². The molecule has 1 atom stereocenters. The number of ether oxygens (including phenoxy) is 3. The minimum Gasteiger partial charge on any atom is -0.462 e. The predicted octanol–water partition coefficient (Wildman–Crippen LogP) is 20.3. The fourth-order valence-electron chi connectivity index (χ4n) is 8.04. The van der Waals surface area contributed by atoms with Gasteiger partial charge in [0.15, 0.2) is 6.10 Å². The summed E-state index contributed by atoms with van der Waals surface area (Å²) in [5.74, 6) is -0.921. The summed E-state index contributed by atoms with van der Waals surface area (Å²) in [4.78, 5) is 38.1. The van der Waals surface area contributed by atoms with Gasteiger partial charge in [0, 0.05) is 19.3 Å². The third kappa shape index (κ3) is 57.0. The van der Waals surface area contributed by atoms with Crippen molar-refractivity contribution in [3.05, 3.63) is 109 Å². The number of rotatable bonds is 53. The van der Waals surface area contributed by atoms with E-state index in [0.717, 1.165) is 128 Å². The molecule has 0 N–H and O–H groups in total. The summed E-state index contributed by atoms with van der Waals surface area (Å²) in [5.41, 5.74) is 0. The van der Waals surface area contributed by atoms with E-state index in [9.17, 15) is 14.4 Å². The van der Waals surface area contributed by atoms with Crippen molar-refractivity contribution in [2.45, 2.75) is 277 Å². The van der Waals surface area contributed by atoms with E-state index in [2.05, 4.69) is 130 Å². The first kappa shape index (κ1) is 68.1. The summed E-state index contributed by atoms with van der Waals surface area (Å²) in [6.45, 7) is 6.48. The summed E-state index contributed by atoms with van der Waals surface area (Å²) in [6, 6.07) is 0.